The summed E-state index contributed by atoms with van der Waals surface area (Å²) in [5, 5.41) is 12.5. The van der Waals surface area contributed by atoms with Gasteiger partial charge in [0.25, 0.3) is 0 Å². The number of anilines is 2. The molecule has 0 bridgehead atoms. The largest absolute Gasteiger partial charge is 0.480 e. The van der Waals surface area contributed by atoms with Crippen LogP contribution in [0.15, 0.2) is 6.07 Å². The van der Waals surface area contributed by atoms with Crippen molar-refractivity contribution in [3.05, 3.63) is 11.8 Å². The third-order valence-corrected chi connectivity index (χ3v) is 5.40. The second-order valence-electron chi connectivity index (χ2n) is 7.14. The molecule has 8 heteroatoms. The number of rotatable bonds is 3. The molecule has 1 spiro atoms. The van der Waals surface area contributed by atoms with Crippen LogP contribution < -0.4 is 10.2 Å². The highest BCUT2D eigenvalue weighted by molar-refractivity contribution is 5.83. The highest BCUT2D eigenvalue weighted by atomic mass is 16.4. The molecule has 0 aromatic carbocycles. The molecule has 2 fully saturated rings. The number of piperidine rings is 1. The molecule has 0 aliphatic carbocycles. The molecule has 2 aliphatic rings. The summed E-state index contributed by atoms with van der Waals surface area (Å²) in [4.78, 5) is 36.0. The molecular formula is C17H25N5O3. The molecule has 136 valence electrons. The van der Waals surface area contributed by atoms with Crippen molar-refractivity contribution < 1.29 is 14.7 Å². The molecule has 3 heterocycles. The number of likely N-dealkylation sites (tertiary alicyclic amines) is 1. The van der Waals surface area contributed by atoms with Crippen LogP contribution in [0.3, 0.4) is 0 Å². The molecule has 2 aliphatic heterocycles. The van der Waals surface area contributed by atoms with E-state index in [1.54, 1.807) is 0 Å². The van der Waals surface area contributed by atoms with E-state index in [9.17, 15) is 14.7 Å². The van der Waals surface area contributed by atoms with Crippen LogP contribution in [0.1, 0.15) is 31.9 Å². The number of amides is 1. The van der Waals surface area contributed by atoms with E-state index < -0.39 is 12.0 Å². The predicted molar refractivity (Wildman–Crippen MR) is 93.6 cm³/mol. The zero-order valence-corrected chi connectivity index (χ0v) is 14.9. The fourth-order valence-electron chi connectivity index (χ4n) is 3.97. The van der Waals surface area contributed by atoms with E-state index in [0.717, 1.165) is 37.4 Å². The zero-order chi connectivity index (χ0) is 18.2. The van der Waals surface area contributed by atoms with Crippen LogP contribution in [0.25, 0.3) is 0 Å². The van der Waals surface area contributed by atoms with Crippen LogP contribution in [0.2, 0.25) is 0 Å². The van der Waals surface area contributed by atoms with E-state index in [4.69, 9.17) is 0 Å². The summed E-state index contributed by atoms with van der Waals surface area (Å²) < 4.78 is 0. The molecule has 25 heavy (non-hydrogen) atoms. The number of carbonyl (C=O) groups is 2. The molecule has 0 radical (unpaired) electrons. The molecular weight excluding hydrogens is 322 g/mol. The van der Waals surface area contributed by atoms with Gasteiger partial charge in [0, 0.05) is 45.4 Å². The third-order valence-electron chi connectivity index (χ3n) is 5.40. The molecule has 2 saturated heterocycles. The summed E-state index contributed by atoms with van der Waals surface area (Å²) in [7, 11) is 1.83. The summed E-state index contributed by atoms with van der Waals surface area (Å²) >= 11 is 0. The predicted octanol–water partition coefficient (Wildman–Crippen LogP) is 1.12. The summed E-state index contributed by atoms with van der Waals surface area (Å²) in [6, 6.07) is 1.20. The highest BCUT2D eigenvalue weighted by Crippen LogP contribution is 2.44. The minimum absolute atomic E-state index is 0.110. The molecule has 2 N–H and O–H groups in total. The first-order valence-corrected chi connectivity index (χ1v) is 8.62. The number of nitrogens with zero attached hydrogens (tertiary/aromatic N) is 4. The van der Waals surface area contributed by atoms with Crippen LogP contribution >= 0.6 is 0 Å². The lowest BCUT2D eigenvalue weighted by atomic mass is 9.76. The second kappa shape index (κ2) is 6.50. The van der Waals surface area contributed by atoms with Gasteiger partial charge in [-0.3, -0.25) is 4.79 Å². The maximum atomic E-state index is 11.8. The topological polar surface area (TPSA) is 98.7 Å². The number of carboxylic acid groups (broad SMARTS) is 1. The van der Waals surface area contributed by atoms with Crippen molar-refractivity contribution in [1.29, 1.82) is 0 Å². The van der Waals surface area contributed by atoms with Gasteiger partial charge in [-0.1, -0.05) is 0 Å². The summed E-state index contributed by atoms with van der Waals surface area (Å²) in [6.45, 7) is 5.46. The first-order chi connectivity index (χ1) is 11.8. The number of nitrogens with one attached hydrogen (secondary N) is 1. The maximum absolute atomic E-state index is 11.8. The molecule has 1 atom stereocenters. The van der Waals surface area contributed by atoms with Gasteiger partial charge < -0.3 is 20.2 Å². The van der Waals surface area contributed by atoms with Gasteiger partial charge in [-0.25, -0.2) is 9.78 Å². The van der Waals surface area contributed by atoms with E-state index in [-0.39, 0.29) is 11.3 Å². The highest BCUT2D eigenvalue weighted by Gasteiger charge is 2.49. The van der Waals surface area contributed by atoms with Gasteiger partial charge in [0.05, 0.1) is 0 Å². The number of hydrogen-bond donors (Lipinski definition) is 2. The molecule has 1 aromatic heterocycles. The quantitative estimate of drug-likeness (QED) is 0.845. The monoisotopic (exact) mass is 347 g/mol. The Morgan fingerprint density at radius 1 is 1.32 bits per heavy atom. The van der Waals surface area contributed by atoms with E-state index in [1.165, 1.54) is 11.8 Å². The van der Waals surface area contributed by atoms with Crippen molar-refractivity contribution in [3.63, 3.8) is 0 Å². The first kappa shape index (κ1) is 17.4. The second-order valence-corrected chi connectivity index (χ2v) is 7.14. The zero-order valence-electron chi connectivity index (χ0n) is 14.9. The molecule has 0 saturated carbocycles. The Hall–Kier alpha value is -2.38. The van der Waals surface area contributed by atoms with Crippen molar-refractivity contribution in [2.24, 2.45) is 5.41 Å². The van der Waals surface area contributed by atoms with Crippen LogP contribution in [0, 0.1) is 12.3 Å². The van der Waals surface area contributed by atoms with Gasteiger partial charge in [-0.15, -0.1) is 0 Å². The number of carbonyl (C=O) groups excluding carboxylic acids is 1. The minimum Gasteiger partial charge on any atom is -0.480 e. The fraction of sp³-hybridized carbons (Fsp3) is 0.647. The van der Waals surface area contributed by atoms with Crippen LogP contribution in [0.4, 0.5) is 11.8 Å². The lowest BCUT2D eigenvalue weighted by Gasteiger charge is -2.39. The Labute approximate surface area is 147 Å². The number of hydrogen-bond acceptors (Lipinski definition) is 6. The Kier molecular flexibility index (Phi) is 4.53. The van der Waals surface area contributed by atoms with E-state index in [1.807, 2.05) is 20.0 Å². The van der Waals surface area contributed by atoms with Crippen molar-refractivity contribution >= 4 is 23.6 Å². The lowest BCUT2D eigenvalue weighted by Crippen LogP contribution is -2.43. The fourth-order valence-corrected chi connectivity index (χ4v) is 3.97. The smallest absolute Gasteiger partial charge is 0.326 e. The van der Waals surface area contributed by atoms with Crippen molar-refractivity contribution in [1.82, 2.24) is 14.9 Å². The molecule has 1 aromatic rings. The number of aliphatic carboxylic acids is 1. The van der Waals surface area contributed by atoms with Crippen molar-refractivity contribution in [2.75, 3.05) is 36.9 Å². The van der Waals surface area contributed by atoms with Crippen LogP contribution in [-0.4, -0.2) is 64.6 Å². The number of aryl methyl sites for hydroxylation is 1. The average molecular weight is 347 g/mol. The Morgan fingerprint density at radius 2 is 2.00 bits per heavy atom. The normalized spacial score (nSPS) is 22.3. The number of carboxylic acids is 1. The Morgan fingerprint density at radius 3 is 2.52 bits per heavy atom. The molecule has 1 unspecified atom stereocenters. The van der Waals surface area contributed by atoms with Gasteiger partial charge in [0.2, 0.25) is 11.9 Å². The molecule has 3 rings (SSSR count). The van der Waals surface area contributed by atoms with Gasteiger partial charge in [-0.2, -0.15) is 4.98 Å². The van der Waals surface area contributed by atoms with Crippen molar-refractivity contribution in [3.8, 4) is 0 Å². The van der Waals surface area contributed by atoms with Crippen LogP contribution in [0.5, 0.6) is 0 Å². The van der Waals surface area contributed by atoms with Gasteiger partial charge in [0.15, 0.2) is 0 Å². The van der Waals surface area contributed by atoms with Crippen molar-refractivity contribution in [2.45, 2.75) is 39.2 Å². The lowest BCUT2D eigenvalue weighted by molar-refractivity contribution is -0.147. The minimum atomic E-state index is -0.907. The molecule has 1 amide bonds. The van der Waals surface area contributed by atoms with Gasteiger partial charge in [0.1, 0.15) is 11.9 Å². The van der Waals surface area contributed by atoms with Crippen LogP contribution in [-0.2, 0) is 9.59 Å². The molecule has 8 nitrogen and oxygen atoms in total. The standard InChI is InChI=1S/C17H25N5O3/c1-11-8-14(18-3)20-16(19-11)21-6-4-17(5-7-21)9-13(15(24)25)22(10-17)12(2)23/h8,13H,4-7,9-10H2,1-3H3,(H,24,25)(H,18,19,20). The number of aromatic nitrogens is 2. The van der Waals surface area contributed by atoms with E-state index in [0.29, 0.717) is 18.9 Å². The maximum Gasteiger partial charge on any atom is 0.326 e. The Bertz CT molecular complexity index is 661. The average Bonchev–Trinajstić information content (AvgIpc) is 2.95. The van der Waals surface area contributed by atoms with E-state index in [2.05, 4.69) is 20.2 Å². The summed E-state index contributed by atoms with van der Waals surface area (Å²) in [5.74, 6) is 0.426. The van der Waals surface area contributed by atoms with Gasteiger partial charge >= 0.3 is 5.97 Å². The van der Waals surface area contributed by atoms with Gasteiger partial charge in [-0.05, 0) is 31.6 Å². The summed E-state index contributed by atoms with van der Waals surface area (Å²) in [5.41, 5.74) is 0.796. The Balaban J connectivity index is 1.72. The SMILES string of the molecule is CNc1cc(C)nc(N2CCC3(CC2)CC(C(=O)O)N(C(C)=O)C3)n1. The summed E-state index contributed by atoms with van der Waals surface area (Å²) in [6.07, 6.45) is 2.21. The van der Waals surface area contributed by atoms with E-state index >= 15 is 0 Å². The third kappa shape index (κ3) is 3.38. The first-order valence-electron chi connectivity index (χ1n) is 8.62.